The van der Waals surface area contributed by atoms with E-state index in [1.54, 1.807) is 0 Å². The molecule has 3 heteroatoms. The summed E-state index contributed by atoms with van der Waals surface area (Å²) in [5.41, 5.74) is 13.2. The molecule has 0 fully saturated rings. The van der Waals surface area contributed by atoms with Gasteiger partial charge in [0.25, 0.3) is 0 Å². The van der Waals surface area contributed by atoms with Gasteiger partial charge in [-0.25, -0.2) is 0 Å². The van der Waals surface area contributed by atoms with Crippen LogP contribution in [0.5, 0.6) is 11.5 Å². The lowest BCUT2D eigenvalue weighted by Gasteiger charge is -2.33. The van der Waals surface area contributed by atoms with E-state index in [1.807, 2.05) is 0 Å². The first-order chi connectivity index (χ1) is 29.3. The van der Waals surface area contributed by atoms with Gasteiger partial charge in [0.05, 0.1) is 11.4 Å². The van der Waals surface area contributed by atoms with E-state index in [2.05, 4.69) is 240 Å². The molecule has 11 rings (SSSR count). The van der Waals surface area contributed by atoms with E-state index >= 15 is 0 Å². The number of hydrogen-bond acceptors (Lipinski definition) is 3. The lowest BCUT2D eigenvalue weighted by Crippen LogP contribution is -2.14. The second-order valence-corrected chi connectivity index (χ2v) is 14.9. The van der Waals surface area contributed by atoms with Gasteiger partial charge < -0.3 is 14.5 Å². The average molecular weight is 755 g/mol. The minimum Gasteiger partial charge on any atom is -0.454 e. The number of para-hydroxylation sites is 2. The molecule has 0 atom stereocenters. The molecular weight excluding hydrogens is 717 g/mol. The predicted octanol–water partition coefficient (Wildman–Crippen LogP) is 16.0. The fourth-order valence-corrected chi connectivity index (χ4v) is 8.70. The third-order valence-corrected chi connectivity index (χ3v) is 11.4. The van der Waals surface area contributed by atoms with Crippen molar-refractivity contribution in [3.05, 3.63) is 231 Å². The van der Waals surface area contributed by atoms with Gasteiger partial charge in [0.2, 0.25) is 0 Å². The Balaban J connectivity index is 1.09. The average Bonchev–Trinajstić information content (AvgIpc) is 3.31. The van der Waals surface area contributed by atoms with E-state index in [4.69, 9.17) is 4.74 Å². The van der Waals surface area contributed by atoms with E-state index in [0.717, 1.165) is 67.5 Å². The van der Waals surface area contributed by atoms with Gasteiger partial charge in [0.1, 0.15) is 5.75 Å². The van der Waals surface area contributed by atoms with Crippen LogP contribution in [0, 0.1) is 0 Å². The van der Waals surface area contributed by atoms with Gasteiger partial charge in [0, 0.05) is 33.7 Å². The smallest absolute Gasteiger partial charge is 0.159 e. The first-order valence-corrected chi connectivity index (χ1v) is 20.1. The van der Waals surface area contributed by atoms with Crippen LogP contribution in [0.2, 0.25) is 0 Å². The third kappa shape index (κ3) is 6.08. The second kappa shape index (κ2) is 14.6. The summed E-state index contributed by atoms with van der Waals surface area (Å²) in [4.78, 5) is 4.66. The lowest BCUT2D eigenvalue weighted by molar-refractivity contribution is 0.488. The van der Waals surface area contributed by atoms with E-state index in [9.17, 15) is 0 Å². The summed E-state index contributed by atoms with van der Waals surface area (Å²) in [7, 11) is 0. The van der Waals surface area contributed by atoms with E-state index in [1.165, 1.54) is 33.0 Å². The lowest BCUT2D eigenvalue weighted by atomic mass is 9.92. The molecule has 1 aliphatic heterocycles. The molecule has 0 saturated heterocycles. The van der Waals surface area contributed by atoms with Gasteiger partial charge in [-0.05, 0) is 111 Å². The van der Waals surface area contributed by atoms with Crippen LogP contribution in [-0.2, 0) is 0 Å². The molecule has 0 N–H and O–H groups in total. The summed E-state index contributed by atoms with van der Waals surface area (Å²) in [5, 5.41) is 4.69. The zero-order chi connectivity index (χ0) is 39.1. The van der Waals surface area contributed by atoms with E-state index < -0.39 is 0 Å². The van der Waals surface area contributed by atoms with Crippen molar-refractivity contribution in [2.45, 2.75) is 0 Å². The Bertz CT molecular complexity index is 3060. The van der Waals surface area contributed by atoms with E-state index in [-0.39, 0.29) is 0 Å². The Morgan fingerprint density at radius 2 is 0.814 bits per heavy atom. The van der Waals surface area contributed by atoms with Gasteiger partial charge in [-0.15, -0.1) is 0 Å². The number of benzene rings is 10. The summed E-state index contributed by atoms with van der Waals surface area (Å²) >= 11 is 0. The fourth-order valence-electron chi connectivity index (χ4n) is 8.70. The van der Waals surface area contributed by atoms with Crippen molar-refractivity contribution in [3.8, 4) is 44.9 Å². The largest absolute Gasteiger partial charge is 0.454 e. The van der Waals surface area contributed by atoms with Gasteiger partial charge in [0.15, 0.2) is 5.75 Å². The molecule has 0 amide bonds. The number of fused-ring (bicyclic) bond motifs is 3. The van der Waals surface area contributed by atoms with Crippen molar-refractivity contribution < 1.29 is 4.74 Å². The number of hydrogen-bond donors (Lipinski definition) is 0. The maximum atomic E-state index is 7.23. The molecule has 1 aliphatic rings. The van der Waals surface area contributed by atoms with E-state index in [0.29, 0.717) is 0 Å². The fraction of sp³-hybridized carbons (Fsp3) is 0. The molecule has 0 radical (unpaired) electrons. The zero-order valence-electron chi connectivity index (χ0n) is 32.2. The molecule has 278 valence electrons. The zero-order valence-corrected chi connectivity index (χ0v) is 32.2. The Morgan fingerprint density at radius 1 is 0.305 bits per heavy atom. The minimum atomic E-state index is 0.817. The molecule has 3 nitrogen and oxygen atoms in total. The number of anilines is 6. The van der Waals surface area contributed by atoms with Crippen LogP contribution in [0.4, 0.5) is 34.1 Å². The van der Waals surface area contributed by atoms with Crippen LogP contribution in [-0.4, -0.2) is 0 Å². The van der Waals surface area contributed by atoms with Crippen molar-refractivity contribution in [1.82, 2.24) is 0 Å². The minimum absolute atomic E-state index is 0.817. The molecule has 10 aromatic rings. The maximum absolute atomic E-state index is 7.23. The second-order valence-electron chi connectivity index (χ2n) is 14.9. The van der Waals surface area contributed by atoms with Crippen molar-refractivity contribution in [1.29, 1.82) is 0 Å². The number of nitrogens with zero attached hydrogens (tertiary/aromatic N) is 2. The maximum Gasteiger partial charge on any atom is 0.159 e. The molecule has 10 aromatic carbocycles. The van der Waals surface area contributed by atoms with Crippen molar-refractivity contribution >= 4 is 55.7 Å². The first kappa shape index (κ1) is 34.4. The molecule has 0 unspecified atom stereocenters. The standard InChI is InChI=1S/C56H38N2O/c1-4-15-39(16-5-1)40-29-34-46(35-30-40)58(47-36-31-42(32-37-47)49-25-12-18-41-17-10-11-24-48(41)49)52-38-33-43-19-13-26-50-54(43)56(52)59-53-28-14-27-51(55(50)53)57(44-20-6-2-7-21-44)45-22-8-3-9-23-45/h1-38H. The van der Waals surface area contributed by atoms with Crippen molar-refractivity contribution in [2.24, 2.45) is 0 Å². The summed E-state index contributed by atoms with van der Waals surface area (Å²) in [6.45, 7) is 0. The third-order valence-electron chi connectivity index (χ3n) is 11.4. The molecule has 0 spiro atoms. The molecule has 1 heterocycles. The molecule has 0 aromatic heterocycles. The Labute approximate surface area is 344 Å². The van der Waals surface area contributed by atoms with Gasteiger partial charge in [-0.2, -0.15) is 0 Å². The van der Waals surface area contributed by atoms with Crippen LogP contribution in [0.3, 0.4) is 0 Å². The van der Waals surface area contributed by atoms with Crippen LogP contribution in [0.1, 0.15) is 0 Å². The highest BCUT2D eigenvalue weighted by Crippen LogP contribution is 2.56. The quantitative estimate of drug-likeness (QED) is 0.154. The molecule has 59 heavy (non-hydrogen) atoms. The van der Waals surface area contributed by atoms with Crippen LogP contribution < -0.4 is 14.5 Å². The highest BCUT2D eigenvalue weighted by Gasteiger charge is 2.30. The monoisotopic (exact) mass is 754 g/mol. The number of rotatable bonds is 8. The molecule has 0 saturated carbocycles. The molecular formula is C56H38N2O. The summed E-state index contributed by atoms with van der Waals surface area (Å²) in [6.07, 6.45) is 0. The highest BCUT2D eigenvalue weighted by molar-refractivity contribution is 6.11. The van der Waals surface area contributed by atoms with Crippen molar-refractivity contribution in [3.63, 3.8) is 0 Å². The first-order valence-electron chi connectivity index (χ1n) is 20.1. The molecule has 0 bridgehead atoms. The van der Waals surface area contributed by atoms with Crippen LogP contribution in [0.15, 0.2) is 231 Å². The Kier molecular flexibility index (Phi) is 8.49. The van der Waals surface area contributed by atoms with Crippen LogP contribution in [0.25, 0.3) is 54.9 Å². The molecule has 0 aliphatic carbocycles. The summed E-state index contributed by atoms with van der Waals surface area (Å²) in [6, 6.07) is 82.1. The topological polar surface area (TPSA) is 15.7 Å². The summed E-state index contributed by atoms with van der Waals surface area (Å²) < 4.78 is 7.23. The number of ether oxygens (including phenoxy) is 1. The SMILES string of the molecule is c1ccc(-c2ccc(N(c3ccc(-c4cccc5ccccc45)cc3)c3ccc4cccc5c4c3Oc3cccc(N(c4ccccc4)c4ccccc4)c3-5)cc2)cc1. The Morgan fingerprint density at radius 3 is 1.51 bits per heavy atom. The highest BCUT2D eigenvalue weighted by atomic mass is 16.5. The summed E-state index contributed by atoms with van der Waals surface area (Å²) in [5.74, 6) is 1.65. The Hall–Kier alpha value is -7.88. The van der Waals surface area contributed by atoms with Gasteiger partial charge in [-0.3, -0.25) is 0 Å². The van der Waals surface area contributed by atoms with Gasteiger partial charge >= 0.3 is 0 Å². The normalized spacial score (nSPS) is 11.5. The predicted molar refractivity (Wildman–Crippen MR) is 247 cm³/mol. The van der Waals surface area contributed by atoms with Crippen LogP contribution >= 0.6 is 0 Å². The van der Waals surface area contributed by atoms with Gasteiger partial charge in [-0.1, -0.05) is 164 Å². The van der Waals surface area contributed by atoms with Crippen molar-refractivity contribution in [2.75, 3.05) is 9.80 Å².